The van der Waals surface area contributed by atoms with Gasteiger partial charge in [-0.05, 0) is 195 Å². The smallest absolute Gasteiger partial charge is 0.309 e. The molecule has 12 aromatic rings. The molecule has 0 aliphatic heterocycles. The van der Waals surface area contributed by atoms with Crippen LogP contribution in [0.3, 0.4) is 0 Å². The van der Waals surface area contributed by atoms with Crippen LogP contribution in [0, 0.1) is 11.3 Å². The van der Waals surface area contributed by atoms with E-state index in [4.69, 9.17) is 15.0 Å². The number of benzene rings is 9. The van der Waals surface area contributed by atoms with Gasteiger partial charge in [0.25, 0.3) is 0 Å². The standard InChI is InChI=1S/C78H64F12N6/c1-71(2,3)52-29-46(30-53(35-52)72(4,5)6)69-92-68(93-70(94-69)47-31-54(73(7,8)9)36-55(32-47)74(10,11)12)45-17-23-63(96-66-26-20-50(77(85,86)87)39-60(66)61-40-51(78(88,89)90)21-27-67(61)96)57(34-45)56-33-44(43-15-13-14-42(28-43)41-91)16-22-62(56)95-64-24-18-48(75(79,80)81)37-58(64)59-38-49(76(82,83)84)19-25-65(59)95/h13-40H,1-12H3. The molecule has 0 fully saturated rings. The van der Waals surface area contributed by atoms with E-state index in [1.54, 1.807) is 60.7 Å². The Balaban J connectivity index is 1.26. The summed E-state index contributed by atoms with van der Waals surface area (Å²) in [6, 6.07) is 42.2. The lowest BCUT2D eigenvalue weighted by atomic mass is 9.79. The molecule has 18 heteroatoms. The van der Waals surface area contributed by atoms with Crippen molar-refractivity contribution >= 4 is 43.6 Å². The van der Waals surface area contributed by atoms with Crippen LogP contribution in [0.2, 0.25) is 0 Å². The summed E-state index contributed by atoms with van der Waals surface area (Å²) < 4.78 is 181. The molecule has 3 aromatic heterocycles. The van der Waals surface area contributed by atoms with E-state index in [2.05, 4.69) is 101 Å². The van der Waals surface area contributed by atoms with Gasteiger partial charge in [0, 0.05) is 49.4 Å². The van der Waals surface area contributed by atoms with E-state index in [1.807, 2.05) is 24.3 Å². The monoisotopic (exact) mass is 1310 g/mol. The second-order valence-electron chi connectivity index (χ2n) is 28.7. The van der Waals surface area contributed by atoms with E-state index in [1.165, 1.54) is 9.13 Å². The molecule has 490 valence electrons. The summed E-state index contributed by atoms with van der Waals surface area (Å²) in [6.07, 6.45) is -19.7. The van der Waals surface area contributed by atoms with Crippen molar-refractivity contribution in [2.75, 3.05) is 0 Å². The molecule has 0 saturated heterocycles. The van der Waals surface area contributed by atoms with Crippen LogP contribution >= 0.6 is 0 Å². The van der Waals surface area contributed by atoms with Crippen LogP contribution < -0.4 is 0 Å². The highest BCUT2D eigenvalue weighted by Crippen LogP contribution is 2.48. The summed E-state index contributed by atoms with van der Waals surface area (Å²) in [5.74, 6) is 0.670. The molecule has 0 amide bonds. The van der Waals surface area contributed by atoms with Gasteiger partial charge in [0.05, 0.1) is 67.3 Å². The van der Waals surface area contributed by atoms with Gasteiger partial charge in [-0.1, -0.05) is 113 Å². The first-order valence-corrected chi connectivity index (χ1v) is 30.9. The molecule has 96 heavy (non-hydrogen) atoms. The van der Waals surface area contributed by atoms with E-state index >= 15 is 0 Å². The molecule has 0 N–H and O–H groups in total. The summed E-state index contributed by atoms with van der Waals surface area (Å²) in [6.45, 7) is 25.2. The van der Waals surface area contributed by atoms with Gasteiger partial charge in [-0.3, -0.25) is 0 Å². The molecule has 3 heterocycles. The van der Waals surface area contributed by atoms with Gasteiger partial charge in [-0.2, -0.15) is 57.9 Å². The highest BCUT2D eigenvalue weighted by Gasteiger charge is 2.37. The van der Waals surface area contributed by atoms with E-state index in [9.17, 15) is 57.9 Å². The topological polar surface area (TPSA) is 72.3 Å². The number of hydrogen-bond acceptors (Lipinski definition) is 4. The zero-order chi connectivity index (χ0) is 69.5. The van der Waals surface area contributed by atoms with Gasteiger partial charge in [0.2, 0.25) is 0 Å². The van der Waals surface area contributed by atoms with Crippen molar-refractivity contribution in [3.63, 3.8) is 0 Å². The number of hydrogen-bond donors (Lipinski definition) is 0. The fraction of sp³-hybridized carbons (Fsp3) is 0.256. The van der Waals surface area contributed by atoms with E-state index < -0.39 is 47.0 Å². The number of halogens is 12. The average molecular weight is 1310 g/mol. The van der Waals surface area contributed by atoms with Gasteiger partial charge in [0.15, 0.2) is 17.5 Å². The van der Waals surface area contributed by atoms with Crippen LogP contribution in [-0.2, 0) is 46.4 Å². The van der Waals surface area contributed by atoms with Crippen LogP contribution in [0.5, 0.6) is 0 Å². The second-order valence-corrected chi connectivity index (χ2v) is 28.7. The molecular weight excluding hydrogens is 1250 g/mol. The largest absolute Gasteiger partial charge is 0.416 e. The maximum atomic E-state index is 14.8. The fourth-order valence-corrected chi connectivity index (χ4v) is 12.3. The molecule has 0 radical (unpaired) electrons. The molecule has 0 saturated carbocycles. The van der Waals surface area contributed by atoms with E-state index in [0.29, 0.717) is 27.8 Å². The molecule has 6 nitrogen and oxygen atoms in total. The predicted molar refractivity (Wildman–Crippen MR) is 355 cm³/mol. The third kappa shape index (κ3) is 12.5. The maximum Gasteiger partial charge on any atom is 0.416 e. The summed E-state index contributed by atoms with van der Waals surface area (Å²) in [7, 11) is 0. The normalized spacial score (nSPS) is 13.2. The van der Waals surface area contributed by atoms with E-state index in [-0.39, 0.29) is 111 Å². The number of rotatable bonds is 7. The molecule has 0 aliphatic rings. The number of nitrogens with zero attached hydrogens (tertiary/aromatic N) is 6. The Labute approximate surface area is 546 Å². The van der Waals surface area contributed by atoms with Crippen LogP contribution in [0.1, 0.15) is 133 Å². The van der Waals surface area contributed by atoms with Crippen molar-refractivity contribution in [3.8, 4) is 73.9 Å². The predicted octanol–water partition coefficient (Wildman–Crippen LogP) is 23.5. The first kappa shape index (κ1) is 66.3. The van der Waals surface area contributed by atoms with Crippen LogP contribution in [0.15, 0.2) is 170 Å². The minimum Gasteiger partial charge on any atom is -0.309 e. The first-order chi connectivity index (χ1) is 44.5. The van der Waals surface area contributed by atoms with Crippen molar-refractivity contribution < 1.29 is 52.7 Å². The van der Waals surface area contributed by atoms with Crippen molar-refractivity contribution in [3.05, 3.63) is 220 Å². The number of fused-ring (bicyclic) bond motifs is 6. The lowest BCUT2D eigenvalue weighted by molar-refractivity contribution is -0.138. The van der Waals surface area contributed by atoms with Gasteiger partial charge >= 0.3 is 24.7 Å². The average Bonchev–Trinajstić information content (AvgIpc) is 1.55. The minimum absolute atomic E-state index is 0.0356. The first-order valence-electron chi connectivity index (χ1n) is 30.9. The summed E-state index contributed by atoms with van der Waals surface area (Å²) in [5.41, 5.74) is 1.60. The highest BCUT2D eigenvalue weighted by atomic mass is 19.4. The molecular formula is C78H64F12N6. The van der Waals surface area contributed by atoms with Gasteiger partial charge in [-0.25, -0.2) is 15.0 Å². The molecule has 0 unspecified atom stereocenters. The summed E-state index contributed by atoms with van der Waals surface area (Å²) >= 11 is 0. The van der Waals surface area contributed by atoms with Gasteiger partial charge in [0.1, 0.15) is 0 Å². The molecule has 0 atom stereocenters. The second kappa shape index (κ2) is 22.7. The Morgan fingerprint density at radius 3 is 0.885 bits per heavy atom. The number of alkyl halides is 12. The number of aromatic nitrogens is 5. The Morgan fingerprint density at radius 2 is 0.583 bits per heavy atom. The number of nitriles is 1. The molecule has 9 aromatic carbocycles. The van der Waals surface area contributed by atoms with Crippen molar-refractivity contribution in [2.24, 2.45) is 0 Å². The fourth-order valence-electron chi connectivity index (χ4n) is 12.3. The van der Waals surface area contributed by atoms with Gasteiger partial charge in [-0.15, -0.1) is 0 Å². The van der Waals surface area contributed by atoms with Crippen molar-refractivity contribution in [1.29, 1.82) is 5.26 Å². The van der Waals surface area contributed by atoms with Crippen LogP contribution in [-0.4, -0.2) is 24.1 Å². The van der Waals surface area contributed by atoms with Crippen LogP contribution in [0.25, 0.3) is 111 Å². The van der Waals surface area contributed by atoms with Crippen LogP contribution in [0.4, 0.5) is 52.7 Å². The molecule has 12 rings (SSSR count). The summed E-state index contributed by atoms with van der Waals surface area (Å²) in [4.78, 5) is 15.9. The van der Waals surface area contributed by atoms with Gasteiger partial charge < -0.3 is 9.13 Å². The Kier molecular flexibility index (Phi) is 15.7. The summed E-state index contributed by atoms with van der Waals surface area (Å²) in [5, 5.41) is 9.39. The Morgan fingerprint density at radius 1 is 0.292 bits per heavy atom. The third-order valence-electron chi connectivity index (χ3n) is 17.7. The zero-order valence-electron chi connectivity index (χ0n) is 54.4. The minimum atomic E-state index is -4.94. The SMILES string of the molecule is CC(C)(C)c1cc(-c2nc(-c3cc(C(C)(C)C)cc(C(C)(C)C)c3)nc(-c3ccc(-n4c5ccc(C(F)(F)F)cc5c5cc(C(F)(F)F)ccc54)c(-c4cc(-c5cccc(C#N)c5)ccc4-n4c5ccc(C(F)(F)F)cc5c5cc(C(F)(F)F)ccc54)c3)n2)cc(C(C)(C)C)c1. The Hall–Kier alpha value is -9.76. The molecule has 0 bridgehead atoms. The lowest BCUT2D eigenvalue weighted by Gasteiger charge is -2.26. The molecule has 0 aliphatic carbocycles. The van der Waals surface area contributed by atoms with Crippen molar-refractivity contribution in [1.82, 2.24) is 24.1 Å². The van der Waals surface area contributed by atoms with E-state index in [0.717, 1.165) is 95.1 Å². The quantitative estimate of drug-likeness (QED) is 0.149. The molecule has 0 spiro atoms. The third-order valence-corrected chi connectivity index (χ3v) is 17.7. The zero-order valence-corrected chi connectivity index (χ0v) is 54.4. The Bertz CT molecular complexity index is 4880. The van der Waals surface area contributed by atoms with Crippen molar-refractivity contribution in [2.45, 2.75) is 129 Å². The lowest BCUT2D eigenvalue weighted by Crippen LogP contribution is -2.17. The maximum absolute atomic E-state index is 14.8. The highest BCUT2D eigenvalue weighted by molar-refractivity contribution is 6.12.